The first-order valence-electron chi connectivity index (χ1n) is 8.56. The Balaban J connectivity index is 1.87. The molecule has 0 bridgehead atoms. The number of ketones is 1. The van der Waals surface area contributed by atoms with E-state index in [-0.39, 0.29) is 11.2 Å². The van der Waals surface area contributed by atoms with Crippen molar-refractivity contribution in [1.82, 2.24) is 15.3 Å². The van der Waals surface area contributed by atoms with E-state index in [9.17, 15) is 4.79 Å². The third-order valence-corrected chi connectivity index (χ3v) is 5.07. The van der Waals surface area contributed by atoms with E-state index in [2.05, 4.69) is 29.1 Å². The molecule has 2 heterocycles. The van der Waals surface area contributed by atoms with Crippen molar-refractivity contribution in [2.24, 2.45) is 10.4 Å². The first kappa shape index (κ1) is 16.9. The minimum Gasteiger partial charge on any atom is -0.342 e. The van der Waals surface area contributed by atoms with Crippen molar-refractivity contribution in [1.29, 1.82) is 0 Å². The lowest BCUT2D eigenvalue weighted by atomic mass is 9.73. The second-order valence-electron chi connectivity index (χ2n) is 7.45. The quantitative estimate of drug-likeness (QED) is 0.876. The number of allylic oxidation sites excluding steroid dienone is 1. The van der Waals surface area contributed by atoms with Crippen LogP contribution in [0.5, 0.6) is 0 Å². The summed E-state index contributed by atoms with van der Waals surface area (Å²) in [6, 6.07) is 7.11. The summed E-state index contributed by atoms with van der Waals surface area (Å²) in [4.78, 5) is 26.2. The SMILES string of the molecule is CC1(C)CC(=O)C2=C(C1)NC(c1cnccn1)=N[C@@H]2c1ccccc1Cl. The van der Waals surface area contributed by atoms with E-state index in [0.717, 1.165) is 17.7 Å². The summed E-state index contributed by atoms with van der Waals surface area (Å²) in [7, 11) is 0. The zero-order valence-electron chi connectivity index (χ0n) is 14.7. The summed E-state index contributed by atoms with van der Waals surface area (Å²) in [6.45, 7) is 4.21. The van der Waals surface area contributed by atoms with Crippen molar-refractivity contribution in [3.05, 3.63) is 70.4 Å². The second kappa shape index (κ2) is 6.32. The van der Waals surface area contributed by atoms with Crippen molar-refractivity contribution >= 4 is 23.2 Å². The van der Waals surface area contributed by atoms with E-state index in [1.807, 2.05) is 24.3 Å². The topological polar surface area (TPSA) is 67.2 Å². The Hall–Kier alpha value is -2.53. The van der Waals surface area contributed by atoms with Gasteiger partial charge in [0.05, 0.1) is 6.20 Å². The van der Waals surface area contributed by atoms with Crippen molar-refractivity contribution in [2.75, 3.05) is 0 Å². The zero-order valence-corrected chi connectivity index (χ0v) is 15.4. The number of carbonyl (C=O) groups is 1. The van der Waals surface area contributed by atoms with Gasteiger partial charge in [0.2, 0.25) is 0 Å². The fourth-order valence-corrected chi connectivity index (χ4v) is 3.84. The van der Waals surface area contributed by atoms with Gasteiger partial charge in [0, 0.05) is 35.1 Å². The highest BCUT2D eigenvalue weighted by atomic mass is 35.5. The number of aliphatic imine (C=N–C) groups is 1. The lowest BCUT2D eigenvalue weighted by Crippen LogP contribution is -2.39. The molecule has 26 heavy (non-hydrogen) atoms. The molecule has 0 fully saturated rings. The third kappa shape index (κ3) is 3.03. The highest BCUT2D eigenvalue weighted by Gasteiger charge is 2.40. The molecular formula is C20H19ClN4O. The summed E-state index contributed by atoms with van der Waals surface area (Å²) in [6.07, 6.45) is 6.19. The minimum atomic E-state index is -0.430. The molecule has 0 saturated carbocycles. The molecule has 132 valence electrons. The lowest BCUT2D eigenvalue weighted by Gasteiger charge is -2.37. The maximum atomic E-state index is 12.9. The molecule has 0 amide bonds. The van der Waals surface area contributed by atoms with Crippen LogP contribution >= 0.6 is 11.6 Å². The fraction of sp³-hybridized carbons (Fsp3) is 0.300. The molecule has 4 rings (SSSR count). The maximum Gasteiger partial charge on any atom is 0.163 e. The normalized spacial score (nSPS) is 21.7. The van der Waals surface area contributed by atoms with E-state index in [4.69, 9.17) is 16.6 Å². The van der Waals surface area contributed by atoms with Gasteiger partial charge < -0.3 is 5.32 Å². The van der Waals surface area contributed by atoms with Crippen LogP contribution in [0, 0.1) is 5.41 Å². The number of nitrogens with zero attached hydrogens (tertiary/aromatic N) is 3. The van der Waals surface area contributed by atoms with Gasteiger partial charge in [-0.25, -0.2) is 4.98 Å². The molecule has 1 aliphatic carbocycles. The summed E-state index contributed by atoms with van der Waals surface area (Å²) >= 11 is 6.43. The number of aromatic nitrogens is 2. The minimum absolute atomic E-state index is 0.0984. The van der Waals surface area contributed by atoms with E-state index < -0.39 is 6.04 Å². The van der Waals surface area contributed by atoms with Gasteiger partial charge in [0.25, 0.3) is 0 Å². The molecule has 2 aromatic rings. The van der Waals surface area contributed by atoms with Crippen LogP contribution in [0.15, 0.2) is 59.1 Å². The van der Waals surface area contributed by atoms with Crippen LogP contribution in [0.4, 0.5) is 0 Å². The van der Waals surface area contributed by atoms with Gasteiger partial charge in [-0.1, -0.05) is 43.6 Å². The summed E-state index contributed by atoms with van der Waals surface area (Å²) in [5, 5.41) is 3.94. The molecule has 0 radical (unpaired) electrons. The molecule has 1 aromatic heterocycles. The first-order valence-corrected chi connectivity index (χ1v) is 8.94. The average molecular weight is 367 g/mol. The Kier molecular flexibility index (Phi) is 4.11. The highest BCUT2D eigenvalue weighted by Crippen LogP contribution is 2.44. The zero-order chi connectivity index (χ0) is 18.3. The van der Waals surface area contributed by atoms with Crippen LogP contribution in [-0.4, -0.2) is 21.6 Å². The fourth-order valence-electron chi connectivity index (χ4n) is 3.61. The van der Waals surface area contributed by atoms with Gasteiger partial charge in [-0.05, 0) is 23.5 Å². The van der Waals surface area contributed by atoms with Crippen LogP contribution in [0.3, 0.4) is 0 Å². The van der Waals surface area contributed by atoms with Gasteiger partial charge in [0.1, 0.15) is 11.7 Å². The Morgan fingerprint density at radius 3 is 2.73 bits per heavy atom. The predicted octanol–water partition coefficient (Wildman–Crippen LogP) is 3.86. The smallest absolute Gasteiger partial charge is 0.163 e. The van der Waals surface area contributed by atoms with E-state index in [0.29, 0.717) is 28.5 Å². The van der Waals surface area contributed by atoms with Crippen molar-refractivity contribution in [3.63, 3.8) is 0 Å². The summed E-state index contributed by atoms with van der Waals surface area (Å²) in [5.74, 6) is 0.739. The van der Waals surface area contributed by atoms with Crippen LogP contribution in [0.25, 0.3) is 0 Å². The molecule has 0 saturated heterocycles. The highest BCUT2D eigenvalue weighted by molar-refractivity contribution is 6.31. The summed E-state index contributed by atoms with van der Waals surface area (Å²) in [5.41, 5.74) is 3.00. The predicted molar refractivity (Wildman–Crippen MR) is 101 cm³/mol. The van der Waals surface area contributed by atoms with Crippen molar-refractivity contribution in [3.8, 4) is 0 Å². The number of Topliss-reactive ketones (excluding diaryl/α,β-unsaturated/α-hetero) is 1. The molecule has 0 unspecified atom stereocenters. The van der Waals surface area contributed by atoms with Crippen molar-refractivity contribution < 1.29 is 4.79 Å². The Labute approximate surface area is 157 Å². The van der Waals surface area contributed by atoms with Gasteiger partial charge in [-0.2, -0.15) is 0 Å². The number of rotatable bonds is 2. The molecule has 1 aromatic carbocycles. The van der Waals surface area contributed by atoms with Gasteiger partial charge in [0.15, 0.2) is 11.6 Å². The molecule has 0 spiro atoms. The average Bonchev–Trinajstić information content (AvgIpc) is 2.61. The molecule has 1 atom stereocenters. The third-order valence-electron chi connectivity index (χ3n) is 4.73. The van der Waals surface area contributed by atoms with Gasteiger partial charge >= 0.3 is 0 Å². The largest absolute Gasteiger partial charge is 0.342 e. The van der Waals surface area contributed by atoms with E-state index in [1.165, 1.54) is 0 Å². The molecule has 6 heteroatoms. The summed E-state index contributed by atoms with van der Waals surface area (Å²) < 4.78 is 0. The molecular weight excluding hydrogens is 348 g/mol. The van der Waals surface area contributed by atoms with Crippen LogP contribution in [0.2, 0.25) is 5.02 Å². The van der Waals surface area contributed by atoms with Crippen LogP contribution < -0.4 is 5.32 Å². The first-order chi connectivity index (χ1) is 12.4. The number of nitrogens with one attached hydrogen (secondary N) is 1. The lowest BCUT2D eigenvalue weighted by molar-refractivity contribution is -0.118. The Bertz CT molecular complexity index is 934. The molecule has 5 nitrogen and oxygen atoms in total. The van der Waals surface area contributed by atoms with Crippen LogP contribution in [0.1, 0.15) is 44.0 Å². The maximum absolute atomic E-state index is 12.9. The number of benzene rings is 1. The standard InChI is InChI=1S/C20H19ClN4O/c1-20(2)9-14-17(16(26)10-20)18(12-5-3-4-6-13(12)21)25-19(24-14)15-11-22-7-8-23-15/h3-8,11,18H,9-10H2,1-2H3,(H,24,25)/t18-/m1/s1. The molecule has 1 aliphatic heterocycles. The number of halogens is 1. The van der Waals surface area contributed by atoms with Crippen LogP contribution in [-0.2, 0) is 4.79 Å². The Morgan fingerprint density at radius 2 is 2.00 bits per heavy atom. The number of hydrogen-bond donors (Lipinski definition) is 1. The van der Waals surface area contributed by atoms with E-state index >= 15 is 0 Å². The van der Waals surface area contributed by atoms with Crippen molar-refractivity contribution in [2.45, 2.75) is 32.7 Å². The number of carbonyl (C=O) groups excluding carboxylic acids is 1. The Morgan fingerprint density at radius 1 is 1.19 bits per heavy atom. The number of amidine groups is 1. The molecule has 2 aliphatic rings. The monoisotopic (exact) mass is 366 g/mol. The molecule has 1 N–H and O–H groups in total. The number of hydrogen-bond acceptors (Lipinski definition) is 5. The van der Waals surface area contributed by atoms with Gasteiger partial charge in [-0.15, -0.1) is 0 Å². The van der Waals surface area contributed by atoms with Gasteiger partial charge in [-0.3, -0.25) is 14.8 Å². The van der Waals surface area contributed by atoms with E-state index in [1.54, 1.807) is 18.6 Å². The second-order valence-corrected chi connectivity index (χ2v) is 7.86.